The minimum Gasteiger partial charge on any atom is -0.309 e. The molecule has 0 aliphatic rings. The summed E-state index contributed by atoms with van der Waals surface area (Å²) >= 11 is 0. The van der Waals surface area contributed by atoms with Gasteiger partial charge in [-0.1, -0.05) is 146 Å². The summed E-state index contributed by atoms with van der Waals surface area (Å²) in [5, 5.41) is 3.71. The summed E-state index contributed by atoms with van der Waals surface area (Å²) in [5.41, 5.74) is 12.0. The number of rotatable bonds is 6. The van der Waals surface area contributed by atoms with Crippen molar-refractivity contribution >= 4 is 43.6 Å². The fourth-order valence-corrected chi connectivity index (χ4v) is 9.14. The van der Waals surface area contributed by atoms with Gasteiger partial charge < -0.3 is 9.13 Å². The lowest BCUT2D eigenvalue weighted by Gasteiger charge is -2.21. The van der Waals surface area contributed by atoms with Gasteiger partial charge in [0.15, 0.2) is 0 Å². The van der Waals surface area contributed by atoms with Crippen LogP contribution in [0.4, 0.5) is 13.2 Å². The molecule has 0 aliphatic carbocycles. The third-order valence-corrected chi connectivity index (χ3v) is 12.1. The highest BCUT2D eigenvalue weighted by atomic mass is 19.4. The Labute approximate surface area is 351 Å². The SMILES string of the molecule is Cc1cc(-n2c3ccc(-c4ccccc4)cc3c3cc(-c4ccccc4)ccc32)c(C(F)(F)F)cc1-n1c2ccc(-c3ccccc3)cc2c2cc(-c3ccccc3)ccc21. The highest BCUT2D eigenvalue weighted by molar-refractivity contribution is 6.13. The number of fused-ring (bicyclic) bond motifs is 6. The van der Waals surface area contributed by atoms with E-state index in [2.05, 4.69) is 84.9 Å². The van der Waals surface area contributed by atoms with Crippen molar-refractivity contribution in [3.8, 4) is 55.9 Å². The van der Waals surface area contributed by atoms with Crippen molar-refractivity contribution in [3.05, 3.63) is 217 Å². The highest BCUT2D eigenvalue weighted by Crippen LogP contribution is 2.44. The summed E-state index contributed by atoms with van der Waals surface area (Å²) in [6, 6.07) is 68.3. The number of alkyl halides is 3. The zero-order valence-corrected chi connectivity index (χ0v) is 33.2. The fourth-order valence-electron chi connectivity index (χ4n) is 9.14. The van der Waals surface area contributed by atoms with E-state index >= 15 is 13.2 Å². The van der Waals surface area contributed by atoms with Crippen molar-refractivity contribution in [2.45, 2.75) is 13.1 Å². The summed E-state index contributed by atoms with van der Waals surface area (Å²) in [5.74, 6) is 0. The first kappa shape index (κ1) is 36.4. The quantitative estimate of drug-likeness (QED) is 0.159. The van der Waals surface area contributed by atoms with Crippen molar-refractivity contribution in [2.24, 2.45) is 0 Å². The summed E-state index contributed by atoms with van der Waals surface area (Å²) in [4.78, 5) is 0. The van der Waals surface area contributed by atoms with E-state index in [1.54, 1.807) is 10.6 Å². The molecule has 0 aliphatic heterocycles. The van der Waals surface area contributed by atoms with Gasteiger partial charge in [-0.05, 0) is 118 Å². The van der Waals surface area contributed by atoms with Crippen molar-refractivity contribution in [1.82, 2.24) is 9.13 Å². The molecule has 0 amide bonds. The van der Waals surface area contributed by atoms with E-state index < -0.39 is 11.7 Å². The van der Waals surface area contributed by atoms with Gasteiger partial charge >= 0.3 is 6.18 Å². The lowest BCUT2D eigenvalue weighted by Crippen LogP contribution is -2.13. The zero-order valence-electron chi connectivity index (χ0n) is 33.2. The van der Waals surface area contributed by atoms with Crippen molar-refractivity contribution in [1.29, 1.82) is 0 Å². The molecule has 2 nitrogen and oxygen atoms in total. The maximum absolute atomic E-state index is 15.9. The monoisotopic (exact) mass is 794 g/mol. The Hall–Kier alpha value is -7.63. The molecule has 0 N–H and O–H groups in total. The van der Waals surface area contributed by atoms with Crippen LogP contribution in [-0.2, 0) is 6.18 Å². The number of aromatic nitrogens is 2. The minimum absolute atomic E-state index is 0.0900. The molecule has 9 aromatic carbocycles. The Balaban J connectivity index is 1.17. The zero-order chi connectivity index (χ0) is 41.2. The van der Waals surface area contributed by atoms with E-state index in [0.717, 1.165) is 82.6 Å². The Morgan fingerprint density at radius 1 is 0.311 bits per heavy atom. The molecular weight excluding hydrogens is 758 g/mol. The second kappa shape index (κ2) is 14.3. The van der Waals surface area contributed by atoms with Gasteiger partial charge in [0.05, 0.1) is 33.3 Å². The molecule has 0 unspecified atom stereocenters. The van der Waals surface area contributed by atoms with Crippen molar-refractivity contribution in [3.63, 3.8) is 0 Å². The molecule has 0 spiro atoms. The van der Waals surface area contributed by atoms with Crippen LogP contribution in [0, 0.1) is 6.92 Å². The topological polar surface area (TPSA) is 9.86 Å². The molecule has 5 heteroatoms. The van der Waals surface area contributed by atoms with Gasteiger partial charge in [-0.25, -0.2) is 0 Å². The molecule has 0 saturated carbocycles. The van der Waals surface area contributed by atoms with E-state index in [9.17, 15) is 0 Å². The molecule has 0 fully saturated rings. The van der Waals surface area contributed by atoms with Crippen molar-refractivity contribution in [2.75, 3.05) is 0 Å². The normalized spacial score (nSPS) is 11.9. The van der Waals surface area contributed by atoms with Crippen LogP contribution in [-0.4, -0.2) is 9.13 Å². The van der Waals surface area contributed by atoms with E-state index in [0.29, 0.717) is 16.7 Å². The molecule has 11 rings (SSSR count). The van der Waals surface area contributed by atoms with E-state index in [1.165, 1.54) is 6.07 Å². The van der Waals surface area contributed by atoms with Crippen LogP contribution in [0.25, 0.3) is 99.5 Å². The predicted octanol–water partition coefficient (Wildman–Crippen LogP) is 15.9. The third kappa shape index (κ3) is 6.20. The highest BCUT2D eigenvalue weighted by Gasteiger charge is 2.36. The van der Waals surface area contributed by atoms with Gasteiger partial charge in [-0.2, -0.15) is 13.2 Å². The standard InChI is InChI=1S/C56H37F3N2/c1-36-30-55(61-52-28-24-43(39-18-10-4-11-19-39)33-47(52)48-34-44(25-29-53(48)61)40-20-12-5-13-21-40)49(56(57,58)59)35-54(36)60-50-26-22-41(37-14-6-2-7-15-37)31-45(50)46-32-42(23-27-51(46)60)38-16-8-3-9-17-38/h2-35H,1H3. The third-order valence-electron chi connectivity index (χ3n) is 12.1. The van der Waals surface area contributed by atoms with Gasteiger partial charge in [-0.3, -0.25) is 0 Å². The van der Waals surface area contributed by atoms with Gasteiger partial charge in [0, 0.05) is 27.2 Å². The lowest BCUT2D eigenvalue weighted by molar-refractivity contribution is -0.137. The molecular formula is C56H37F3N2. The Kier molecular flexibility index (Phi) is 8.53. The second-order valence-corrected chi connectivity index (χ2v) is 15.7. The van der Waals surface area contributed by atoms with Crippen LogP contribution in [0.2, 0.25) is 0 Å². The summed E-state index contributed by atoms with van der Waals surface area (Å²) < 4.78 is 51.4. The lowest BCUT2D eigenvalue weighted by atomic mass is 10.0. The molecule has 61 heavy (non-hydrogen) atoms. The molecule has 0 radical (unpaired) electrons. The molecule has 2 aromatic heterocycles. The van der Waals surface area contributed by atoms with Gasteiger partial charge in [0.2, 0.25) is 0 Å². The number of hydrogen-bond donors (Lipinski definition) is 0. The predicted molar refractivity (Wildman–Crippen MR) is 247 cm³/mol. The average Bonchev–Trinajstić information content (AvgIpc) is 3.80. The molecule has 292 valence electrons. The maximum Gasteiger partial charge on any atom is 0.418 e. The van der Waals surface area contributed by atoms with Crippen LogP contribution in [0.1, 0.15) is 11.1 Å². The Morgan fingerprint density at radius 2 is 0.607 bits per heavy atom. The second-order valence-electron chi connectivity index (χ2n) is 15.7. The van der Waals surface area contributed by atoms with Crippen LogP contribution < -0.4 is 0 Å². The summed E-state index contributed by atoms with van der Waals surface area (Å²) in [7, 11) is 0. The molecule has 0 atom stereocenters. The number of halogens is 3. The average molecular weight is 795 g/mol. The summed E-state index contributed by atoms with van der Waals surface area (Å²) in [6.07, 6.45) is -4.67. The Morgan fingerprint density at radius 3 is 0.902 bits per heavy atom. The van der Waals surface area contributed by atoms with Crippen LogP contribution in [0.15, 0.2) is 206 Å². The fraction of sp³-hybridized carbons (Fsp3) is 0.0357. The number of nitrogens with zero attached hydrogens (tertiary/aromatic N) is 2. The van der Waals surface area contributed by atoms with Crippen LogP contribution in [0.3, 0.4) is 0 Å². The van der Waals surface area contributed by atoms with E-state index in [1.807, 2.05) is 121 Å². The number of aryl methyl sites for hydroxylation is 1. The van der Waals surface area contributed by atoms with E-state index in [-0.39, 0.29) is 5.69 Å². The number of hydrogen-bond acceptors (Lipinski definition) is 0. The van der Waals surface area contributed by atoms with Gasteiger partial charge in [0.25, 0.3) is 0 Å². The van der Waals surface area contributed by atoms with Crippen LogP contribution in [0.5, 0.6) is 0 Å². The molecule has 0 saturated heterocycles. The number of benzene rings is 9. The van der Waals surface area contributed by atoms with Gasteiger partial charge in [0.1, 0.15) is 0 Å². The first-order chi connectivity index (χ1) is 29.8. The smallest absolute Gasteiger partial charge is 0.309 e. The van der Waals surface area contributed by atoms with Crippen molar-refractivity contribution < 1.29 is 13.2 Å². The minimum atomic E-state index is -4.67. The summed E-state index contributed by atoms with van der Waals surface area (Å²) in [6.45, 7) is 1.92. The first-order valence-electron chi connectivity index (χ1n) is 20.4. The maximum atomic E-state index is 15.9. The molecule has 2 heterocycles. The Bertz CT molecular complexity index is 3240. The van der Waals surface area contributed by atoms with E-state index in [4.69, 9.17) is 0 Å². The molecule has 0 bridgehead atoms. The molecule has 11 aromatic rings. The largest absolute Gasteiger partial charge is 0.418 e. The van der Waals surface area contributed by atoms with Gasteiger partial charge in [-0.15, -0.1) is 0 Å². The first-order valence-corrected chi connectivity index (χ1v) is 20.4. The van der Waals surface area contributed by atoms with Crippen LogP contribution >= 0.6 is 0 Å².